The minimum Gasteiger partial charge on any atom is -0.290 e. The second-order valence-electron chi connectivity index (χ2n) is 4.41. The topological polar surface area (TPSA) is 40.6 Å². The monoisotopic (exact) mass is 244 g/mol. The number of rotatable bonds is 2. The molecular weight excluding hydrogens is 224 g/mol. The van der Waals surface area contributed by atoms with Crippen LogP contribution in [0.2, 0.25) is 0 Å². The largest absolute Gasteiger partial charge is 0.290 e. The number of nitrogens with zero attached hydrogens (tertiary/aromatic N) is 2. The molecule has 0 aliphatic carbocycles. The average molecular weight is 244 g/mol. The molecule has 1 aliphatic rings. The standard InChI is InChI=1S/C11H20N2O2S/c1-11(2)5-4-6-12-7-9-13(10-8-12)16(3,14)15/h11H,6-10H2,1-3H3. The third kappa shape index (κ3) is 4.52. The van der Waals surface area contributed by atoms with Crippen LogP contribution in [0.1, 0.15) is 13.8 Å². The normalized spacial score (nSPS) is 19.5. The molecule has 1 fully saturated rings. The molecule has 16 heavy (non-hydrogen) atoms. The van der Waals surface area contributed by atoms with Crippen molar-refractivity contribution < 1.29 is 8.42 Å². The Morgan fingerprint density at radius 2 is 1.75 bits per heavy atom. The summed E-state index contributed by atoms with van der Waals surface area (Å²) in [7, 11) is -3.01. The molecule has 0 saturated carbocycles. The van der Waals surface area contributed by atoms with Crippen LogP contribution < -0.4 is 0 Å². The number of piperazine rings is 1. The molecule has 0 bridgehead atoms. The van der Waals surface area contributed by atoms with Crippen molar-refractivity contribution in [2.75, 3.05) is 39.0 Å². The summed E-state index contributed by atoms with van der Waals surface area (Å²) in [5.41, 5.74) is 0. The molecule has 0 radical (unpaired) electrons. The summed E-state index contributed by atoms with van der Waals surface area (Å²) in [6.07, 6.45) is 1.27. The smallest absolute Gasteiger partial charge is 0.211 e. The lowest BCUT2D eigenvalue weighted by atomic mass is 10.2. The van der Waals surface area contributed by atoms with E-state index in [1.165, 1.54) is 10.6 Å². The number of hydrogen-bond acceptors (Lipinski definition) is 3. The van der Waals surface area contributed by atoms with Crippen LogP contribution in [-0.2, 0) is 10.0 Å². The number of sulfonamides is 1. The van der Waals surface area contributed by atoms with Crippen molar-refractivity contribution in [2.45, 2.75) is 13.8 Å². The summed E-state index contributed by atoms with van der Waals surface area (Å²) in [6, 6.07) is 0. The van der Waals surface area contributed by atoms with Gasteiger partial charge in [0.15, 0.2) is 0 Å². The van der Waals surface area contributed by atoms with Crippen molar-refractivity contribution in [3.05, 3.63) is 0 Å². The first-order valence-corrected chi connectivity index (χ1v) is 7.40. The highest BCUT2D eigenvalue weighted by molar-refractivity contribution is 7.88. The van der Waals surface area contributed by atoms with Crippen LogP contribution in [0.15, 0.2) is 0 Å². The fraction of sp³-hybridized carbons (Fsp3) is 0.818. The molecule has 0 unspecified atom stereocenters. The van der Waals surface area contributed by atoms with Crippen molar-refractivity contribution in [2.24, 2.45) is 5.92 Å². The van der Waals surface area contributed by atoms with Crippen molar-refractivity contribution in [1.82, 2.24) is 9.21 Å². The fourth-order valence-electron chi connectivity index (χ4n) is 1.58. The van der Waals surface area contributed by atoms with Gasteiger partial charge in [0.25, 0.3) is 0 Å². The fourth-order valence-corrected chi connectivity index (χ4v) is 2.41. The molecule has 1 aliphatic heterocycles. The van der Waals surface area contributed by atoms with Crippen LogP contribution in [-0.4, -0.2) is 56.6 Å². The second kappa shape index (κ2) is 5.67. The van der Waals surface area contributed by atoms with Gasteiger partial charge in [0.1, 0.15) is 0 Å². The van der Waals surface area contributed by atoms with Gasteiger partial charge in [-0.1, -0.05) is 25.7 Å². The second-order valence-corrected chi connectivity index (χ2v) is 6.40. The molecule has 0 spiro atoms. The quantitative estimate of drug-likeness (QED) is 0.653. The molecule has 0 amide bonds. The predicted molar refractivity (Wildman–Crippen MR) is 65.5 cm³/mol. The zero-order valence-electron chi connectivity index (χ0n) is 10.2. The van der Waals surface area contributed by atoms with Crippen LogP contribution in [0.25, 0.3) is 0 Å². The Morgan fingerprint density at radius 1 is 1.19 bits per heavy atom. The Morgan fingerprint density at radius 3 is 2.19 bits per heavy atom. The van der Waals surface area contributed by atoms with E-state index in [1.807, 2.05) is 0 Å². The highest BCUT2D eigenvalue weighted by atomic mass is 32.2. The van der Waals surface area contributed by atoms with Crippen LogP contribution in [0.3, 0.4) is 0 Å². The third-order valence-electron chi connectivity index (χ3n) is 2.49. The maximum absolute atomic E-state index is 11.3. The molecule has 5 heteroatoms. The van der Waals surface area contributed by atoms with Gasteiger partial charge >= 0.3 is 0 Å². The van der Waals surface area contributed by atoms with Gasteiger partial charge in [-0.3, -0.25) is 4.90 Å². The minimum absolute atomic E-state index is 0.400. The summed E-state index contributed by atoms with van der Waals surface area (Å²) >= 11 is 0. The van der Waals surface area contributed by atoms with E-state index in [0.29, 0.717) is 19.0 Å². The van der Waals surface area contributed by atoms with Crippen molar-refractivity contribution >= 4 is 10.0 Å². The molecule has 4 nitrogen and oxygen atoms in total. The predicted octanol–water partition coefficient (Wildman–Crippen LogP) is 0.223. The van der Waals surface area contributed by atoms with E-state index in [0.717, 1.165) is 19.6 Å². The molecule has 92 valence electrons. The van der Waals surface area contributed by atoms with Gasteiger partial charge < -0.3 is 0 Å². The van der Waals surface area contributed by atoms with Gasteiger partial charge in [-0.25, -0.2) is 8.42 Å². The lowest BCUT2D eigenvalue weighted by Crippen LogP contribution is -2.48. The summed E-state index contributed by atoms with van der Waals surface area (Å²) in [6.45, 7) is 7.60. The first-order chi connectivity index (χ1) is 7.39. The highest BCUT2D eigenvalue weighted by Crippen LogP contribution is 2.05. The molecule has 0 aromatic heterocycles. The molecule has 0 atom stereocenters. The van der Waals surface area contributed by atoms with Crippen molar-refractivity contribution in [3.63, 3.8) is 0 Å². The molecule has 0 N–H and O–H groups in total. The lowest BCUT2D eigenvalue weighted by molar-refractivity contribution is 0.207. The summed E-state index contributed by atoms with van der Waals surface area (Å²) in [5.74, 6) is 6.63. The maximum atomic E-state index is 11.3. The first-order valence-electron chi connectivity index (χ1n) is 5.55. The van der Waals surface area contributed by atoms with E-state index in [-0.39, 0.29) is 0 Å². The maximum Gasteiger partial charge on any atom is 0.211 e. The van der Waals surface area contributed by atoms with Crippen molar-refractivity contribution in [3.8, 4) is 11.8 Å². The molecule has 1 saturated heterocycles. The van der Waals surface area contributed by atoms with E-state index >= 15 is 0 Å². The number of hydrogen-bond donors (Lipinski definition) is 0. The van der Waals surface area contributed by atoms with Gasteiger partial charge in [0.2, 0.25) is 10.0 Å². The lowest BCUT2D eigenvalue weighted by Gasteiger charge is -2.31. The molecule has 1 heterocycles. The van der Waals surface area contributed by atoms with Crippen LogP contribution in [0.4, 0.5) is 0 Å². The Balaban J connectivity index is 2.36. The summed E-state index contributed by atoms with van der Waals surface area (Å²) < 4.78 is 24.1. The zero-order chi connectivity index (χ0) is 12.2. The Hall–Kier alpha value is -0.570. The molecular formula is C11H20N2O2S. The van der Waals surface area contributed by atoms with Crippen LogP contribution in [0, 0.1) is 17.8 Å². The van der Waals surface area contributed by atoms with Gasteiger partial charge in [0, 0.05) is 32.1 Å². The van der Waals surface area contributed by atoms with E-state index in [1.54, 1.807) is 0 Å². The van der Waals surface area contributed by atoms with E-state index in [9.17, 15) is 8.42 Å². The van der Waals surface area contributed by atoms with Crippen LogP contribution in [0.5, 0.6) is 0 Å². The molecule has 1 rings (SSSR count). The molecule has 0 aromatic carbocycles. The Kier molecular flexibility index (Phi) is 4.78. The first kappa shape index (κ1) is 13.5. The van der Waals surface area contributed by atoms with E-state index in [2.05, 4.69) is 30.6 Å². The van der Waals surface area contributed by atoms with Crippen molar-refractivity contribution in [1.29, 1.82) is 0 Å². The molecule has 0 aromatic rings. The van der Waals surface area contributed by atoms with Crippen LogP contribution >= 0.6 is 0 Å². The third-order valence-corrected chi connectivity index (χ3v) is 3.80. The Bertz CT molecular complexity index is 371. The van der Waals surface area contributed by atoms with Gasteiger partial charge in [-0.2, -0.15) is 4.31 Å². The minimum atomic E-state index is -3.01. The van der Waals surface area contributed by atoms with Gasteiger partial charge in [-0.15, -0.1) is 0 Å². The SMILES string of the molecule is CC(C)C#CCN1CCN(S(C)(=O)=O)CC1. The van der Waals surface area contributed by atoms with E-state index < -0.39 is 10.0 Å². The summed E-state index contributed by atoms with van der Waals surface area (Å²) in [4.78, 5) is 2.19. The van der Waals surface area contributed by atoms with Gasteiger partial charge in [0.05, 0.1) is 12.8 Å². The summed E-state index contributed by atoms with van der Waals surface area (Å²) in [5, 5.41) is 0. The van der Waals surface area contributed by atoms with E-state index in [4.69, 9.17) is 0 Å². The average Bonchev–Trinajstić information content (AvgIpc) is 2.16. The van der Waals surface area contributed by atoms with Gasteiger partial charge in [-0.05, 0) is 0 Å². The highest BCUT2D eigenvalue weighted by Gasteiger charge is 2.22. The Labute approximate surface area is 98.7 Å². The zero-order valence-corrected chi connectivity index (χ0v) is 11.0.